The largest absolute Gasteiger partial charge is 0.378 e. The van der Waals surface area contributed by atoms with Crippen LogP contribution in [0.4, 0.5) is 4.79 Å². The summed E-state index contributed by atoms with van der Waals surface area (Å²) < 4.78 is 5.62. The van der Waals surface area contributed by atoms with Gasteiger partial charge in [0.05, 0.1) is 6.10 Å². The molecule has 1 aromatic rings. The second kappa shape index (κ2) is 7.85. The lowest BCUT2D eigenvalue weighted by atomic mass is 10.1. The zero-order valence-electron chi connectivity index (χ0n) is 12.0. The topological polar surface area (TPSA) is 63.2 Å². The Bertz CT molecular complexity index is 414. The SMILES string of the molecule is Cc1ccc(CNC(=O)NCC[C@@H]2CCCCO2)cn1. The molecule has 1 aliphatic heterocycles. The molecule has 2 amide bonds. The molecule has 0 radical (unpaired) electrons. The molecule has 1 aliphatic rings. The van der Waals surface area contributed by atoms with Crippen molar-refractivity contribution >= 4 is 6.03 Å². The van der Waals surface area contributed by atoms with Crippen LogP contribution in [0.15, 0.2) is 18.3 Å². The third-order valence-corrected chi connectivity index (χ3v) is 3.45. The molecule has 110 valence electrons. The van der Waals surface area contributed by atoms with Crippen molar-refractivity contribution < 1.29 is 9.53 Å². The summed E-state index contributed by atoms with van der Waals surface area (Å²) in [5.74, 6) is 0. The highest BCUT2D eigenvalue weighted by atomic mass is 16.5. The van der Waals surface area contributed by atoms with E-state index in [1.165, 1.54) is 6.42 Å². The molecule has 2 N–H and O–H groups in total. The Morgan fingerprint density at radius 2 is 2.30 bits per heavy atom. The van der Waals surface area contributed by atoms with Crippen LogP contribution in [0.1, 0.15) is 36.9 Å². The first-order valence-electron chi connectivity index (χ1n) is 7.29. The summed E-state index contributed by atoms with van der Waals surface area (Å²) in [6.45, 7) is 3.95. The molecule has 1 atom stereocenters. The number of pyridine rings is 1. The smallest absolute Gasteiger partial charge is 0.315 e. The second-order valence-electron chi connectivity index (χ2n) is 5.19. The van der Waals surface area contributed by atoms with Crippen molar-refractivity contribution in [2.75, 3.05) is 13.2 Å². The fourth-order valence-electron chi connectivity index (χ4n) is 2.23. The van der Waals surface area contributed by atoms with Crippen molar-refractivity contribution in [1.82, 2.24) is 15.6 Å². The summed E-state index contributed by atoms with van der Waals surface area (Å²) in [5, 5.41) is 5.69. The summed E-state index contributed by atoms with van der Waals surface area (Å²) in [5.41, 5.74) is 1.98. The van der Waals surface area contributed by atoms with Crippen molar-refractivity contribution in [2.45, 2.75) is 45.3 Å². The number of carbonyl (C=O) groups excluding carboxylic acids is 1. The van der Waals surface area contributed by atoms with E-state index < -0.39 is 0 Å². The van der Waals surface area contributed by atoms with Crippen LogP contribution in [0, 0.1) is 6.92 Å². The van der Waals surface area contributed by atoms with Gasteiger partial charge in [-0.05, 0) is 44.2 Å². The molecule has 20 heavy (non-hydrogen) atoms. The van der Waals surface area contributed by atoms with Crippen molar-refractivity contribution in [3.05, 3.63) is 29.6 Å². The van der Waals surface area contributed by atoms with Gasteiger partial charge in [0.2, 0.25) is 0 Å². The molecule has 5 heteroatoms. The number of hydrogen-bond acceptors (Lipinski definition) is 3. The molecule has 2 heterocycles. The van der Waals surface area contributed by atoms with E-state index in [2.05, 4.69) is 15.6 Å². The minimum absolute atomic E-state index is 0.138. The van der Waals surface area contributed by atoms with E-state index >= 15 is 0 Å². The highest BCUT2D eigenvalue weighted by molar-refractivity contribution is 5.73. The van der Waals surface area contributed by atoms with E-state index in [0.29, 0.717) is 19.2 Å². The Morgan fingerprint density at radius 3 is 3.00 bits per heavy atom. The normalized spacial score (nSPS) is 18.6. The number of nitrogens with zero attached hydrogens (tertiary/aromatic N) is 1. The molecule has 0 spiro atoms. The highest BCUT2D eigenvalue weighted by Gasteiger charge is 2.13. The van der Waals surface area contributed by atoms with Crippen molar-refractivity contribution in [3.8, 4) is 0 Å². The van der Waals surface area contributed by atoms with E-state index in [-0.39, 0.29) is 6.03 Å². The Balaban J connectivity index is 1.59. The molecule has 1 saturated heterocycles. The number of aromatic nitrogens is 1. The predicted molar refractivity (Wildman–Crippen MR) is 77.4 cm³/mol. The molecule has 1 fully saturated rings. The van der Waals surface area contributed by atoms with Crippen LogP contribution in [0.3, 0.4) is 0 Å². The lowest BCUT2D eigenvalue weighted by molar-refractivity contribution is 0.0120. The molecule has 5 nitrogen and oxygen atoms in total. The fourth-order valence-corrected chi connectivity index (χ4v) is 2.23. The summed E-state index contributed by atoms with van der Waals surface area (Å²) in [4.78, 5) is 15.8. The number of rotatable bonds is 5. The van der Waals surface area contributed by atoms with Gasteiger partial charge in [0, 0.05) is 31.6 Å². The van der Waals surface area contributed by atoms with Gasteiger partial charge in [0.25, 0.3) is 0 Å². The molecule has 0 aromatic carbocycles. The van der Waals surface area contributed by atoms with Crippen LogP contribution in [0.5, 0.6) is 0 Å². The minimum atomic E-state index is -0.138. The fraction of sp³-hybridized carbons (Fsp3) is 0.600. The predicted octanol–water partition coefficient (Wildman–Crippen LogP) is 2.15. The average molecular weight is 277 g/mol. The van der Waals surface area contributed by atoms with Gasteiger partial charge in [-0.1, -0.05) is 6.07 Å². The van der Waals surface area contributed by atoms with Crippen LogP contribution in [0.2, 0.25) is 0 Å². The van der Waals surface area contributed by atoms with Crippen LogP contribution in [-0.2, 0) is 11.3 Å². The van der Waals surface area contributed by atoms with E-state index in [1.807, 2.05) is 19.1 Å². The maximum Gasteiger partial charge on any atom is 0.315 e. The first kappa shape index (κ1) is 14.8. The number of urea groups is 1. The second-order valence-corrected chi connectivity index (χ2v) is 5.19. The van der Waals surface area contributed by atoms with Crippen LogP contribution >= 0.6 is 0 Å². The van der Waals surface area contributed by atoms with E-state index in [4.69, 9.17) is 4.74 Å². The van der Waals surface area contributed by atoms with Gasteiger partial charge in [-0.3, -0.25) is 4.98 Å². The molecule has 0 bridgehead atoms. The third-order valence-electron chi connectivity index (χ3n) is 3.45. The molecule has 0 aliphatic carbocycles. The lowest BCUT2D eigenvalue weighted by Crippen LogP contribution is -2.37. The Morgan fingerprint density at radius 1 is 1.40 bits per heavy atom. The van der Waals surface area contributed by atoms with Crippen molar-refractivity contribution in [2.24, 2.45) is 0 Å². The number of amides is 2. The van der Waals surface area contributed by atoms with Crippen molar-refractivity contribution in [1.29, 1.82) is 0 Å². The quantitative estimate of drug-likeness (QED) is 0.867. The zero-order chi connectivity index (χ0) is 14.2. The molecular formula is C15H23N3O2. The summed E-state index contributed by atoms with van der Waals surface area (Å²) >= 11 is 0. The maximum atomic E-state index is 11.6. The summed E-state index contributed by atoms with van der Waals surface area (Å²) in [7, 11) is 0. The van der Waals surface area contributed by atoms with Gasteiger partial charge in [0.15, 0.2) is 0 Å². The van der Waals surface area contributed by atoms with Gasteiger partial charge in [-0.15, -0.1) is 0 Å². The standard InChI is InChI=1S/C15H23N3O2/c1-12-5-6-13(10-17-12)11-18-15(19)16-8-7-14-4-2-3-9-20-14/h5-6,10,14H,2-4,7-9,11H2,1H3,(H2,16,18,19)/t14-/m0/s1. The summed E-state index contributed by atoms with van der Waals surface area (Å²) in [6, 6.07) is 3.77. The summed E-state index contributed by atoms with van der Waals surface area (Å²) in [6.07, 6.45) is 6.49. The maximum absolute atomic E-state index is 11.6. The number of carbonyl (C=O) groups is 1. The van der Waals surface area contributed by atoms with Gasteiger partial charge < -0.3 is 15.4 Å². The average Bonchev–Trinajstić information content (AvgIpc) is 2.48. The number of aryl methyl sites for hydroxylation is 1. The number of hydrogen-bond donors (Lipinski definition) is 2. The first-order valence-corrected chi connectivity index (χ1v) is 7.29. The molecular weight excluding hydrogens is 254 g/mol. The minimum Gasteiger partial charge on any atom is -0.378 e. The zero-order valence-corrected chi connectivity index (χ0v) is 12.0. The van der Waals surface area contributed by atoms with E-state index in [1.54, 1.807) is 6.20 Å². The Labute approximate surface area is 120 Å². The van der Waals surface area contributed by atoms with Crippen LogP contribution in [-0.4, -0.2) is 30.3 Å². The number of nitrogens with one attached hydrogen (secondary N) is 2. The van der Waals surface area contributed by atoms with Crippen molar-refractivity contribution in [3.63, 3.8) is 0 Å². The van der Waals surface area contributed by atoms with E-state index in [0.717, 1.165) is 37.1 Å². The Kier molecular flexibility index (Phi) is 5.80. The molecule has 0 unspecified atom stereocenters. The van der Waals surface area contributed by atoms with Crippen LogP contribution < -0.4 is 10.6 Å². The molecule has 1 aromatic heterocycles. The lowest BCUT2D eigenvalue weighted by Gasteiger charge is -2.22. The van der Waals surface area contributed by atoms with Crippen LogP contribution in [0.25, 0.3) is 0 Å². The third kappa shape index (κ3) is 5.17. The first-order chi connectivity index (χ1) is 9.74. The van der Waals surface area contributed by atoms with Gasteiger partial charge in [-0.2, -0.15) is 0 Å². The van der Waals surface area contributed by atoms with Gasteiger partial charge >= 0.3 is 6.03 Å². The van der Waals surface area contributed by atoms with Gasteiger partial charge in [-0.25, -0.2) is 4.79 Å². The van der Waals surface area contributed by atoms with E-state index in [9.17, 15) is 4.79 Å². The molecule has 2 rings (SSSR count). The van der Waals surface area contributed by atoms with Gasteiger partial charge in [0.1, 0.15) is 0 Å². The monoisotopic (exact) mass is 277 g/mol. The highest BCUT2D eigenvalue weighted by Crippen LogP contribution is 2.14. The number of ether oxygens (including phenoxy) is 1. The Hall–Kier alpha value is -1.62. The molecule has 0 saturated carbocycles.